The highest BCUT2D eigenvalue weighted by Gasteiger charge is 2.12. The molecule has 8 nitrogen and oxygen atoms in total. The van der Waals surface area contributed by atoms with Gasteiger partial charge in [0.15, 0.2) is 0 Å². The van der Waals surface area contributed by atoms with Crippen molar-refractivity contribution in [1.29, 1.82) is 0 Å². The van der Waals surface area contributed by atoms with Crippen LogP contribution in [0, 0.1) is 6.92 Å². The molecule has 0 aliphatic rings. The van der Waals surface area contributed by atoms with Gasteiger partial charge >= 0.3 is 0 Å². The van der Waals surface area contributed by atoms with E-state index in [1.54, 1.807) is 11.6 Å². The van der Waals surface area contributed by atoms with Crippen molar-refractivity contribution in [1.82, 2.24) is 34.8 Å². The van der Waals surface area contributed by atoms with E-state index >= 15 is 0 Å². The normalized spacial score (nSPS) is 11.2. The van der Waals surface area contributed by atoms with Crippen molar-refractivity contribution in [3.63, 3.8) is 0 Å². The van der Waals surface area contributed by atoms with Gasteiger partial charge in [0.25, 0.3) is 5.56 Å². The second-order valence-corrected chi connectivity index (χ2v) is 6.91. The topological polar surface area (TPSA) is 90.9 Å². The summed E-state index contributed by atoms with van der Waals surface area (Å²) in [6.45, 7) is 1.80. The molecule has 0 amide bonds. The zero-order valence-corrected chi connectivity index (χ0v) is 14.2. The highest BCUT2D eigenvalue weighted by molar-refractivity contribution is 7.98. The van der Waals surface area contributed by atoms with Crippen LogP contribution in [0.15, 0.2) is 46.3 Å². The van der Waals surface area contributed by atoms with Crippen LogP contribution in [0.4, 0.5) is 0 Å². The van der Waals surface area contributed by atoms with Gasteiger partial charge in [-0.2, -0.15) is 14.3 Å². The van der Waals surface area contributed by atoms with E-state index in [1.165, 1.54) is 33.7 Å². The van der Waals surface area contributed by atoms with Crippen molar-refractivity contribution in [3.8, 4) is 5.69 Å². The molecule has 0 fully saturated rings. The van der Waals surface area contributed by atoms with E-state index in [-0.39, 0.29) is 5.56 Å². The highest BCUT2D eigenvalue weighted by atomic mass is 32.2. The lowest BCUT2D eigenvalue weighted by Crippen LogP contribution is -2.14. The van der Waals surface area contributed by atoms with Crippen molar-refractivity contribution in [2.75, 3.05) is 0 Å². The van der Waals surface area contributed by atoms with Gasteiger partial charge in [0, 0.05) is 11.8 Å². The first-order valence-corrected chi connectivity index (χ1v) is 8.84. The Balaban J connectivity index is 1.59. The quantitative estimate of drug-likeness (QED) is 0.514. The van der Waals surface area contributed by atoms with Crippen LogP contribution in [0.1, 0.15) is 10.7 Å². The summed E-state index contributed by atoms with van der Waals surface area (Å²) in [7, 11) is 0. The predicted octanol–water partition coefficient (Wildman–Crippen LogP) is 1.73. The number of fused-ring (bicyclic) bond motifs is 1. The summed E-state index contributed by atoms with van der Waals surface area (Å²) in [4.78, 5) is 16.8. The van der Waals surface area contributed by atoms with Crippen LogP contribution in [0.25, 0.3) is 10.6 Å². The second-order valence-electron chi connectivity index (χ2n) is 4.92. The van der Waals surface area contributed by atoms with Gasteiger partial charge in [-0.25, -0.2) is 4.98 Å². The molecule has 0 radical (unpaired) electrons. The predicted molar refractivity (Wildman–Crippen MR) is 90.6 cm³/mol. The fourth-order valence-electron chi connectivity index (χ4n) is 2.14. The smallest absolute Gasteiger partial charge is 0.267 e. The molecular formula is C14H11N7OS2. The molecule has 0 unspecified atom stereocenters. The summed E-state index contributed by atoms with van der Waals surface area (Å²) < 4.78 is 3.00. The maximum Gasteiger partial charge on any atom is 0.275 e. The van der Waals surface area contributed by atoms with Crippen LogP contribution >= 0.6 is 23.1 Å². The molecule has 4 rings (SSSR count). The first-order chi connectivity index (χ1) is 11.7. The largest absolute Gasteiger partial charge is 0.275 e. The summed E-state index contributed by atoms with van der Waals surface area (Å²) >= 11 is 2.85. The molecule has 0 aliphatic carbocycles. The van der Waals surface area contributed by atoms with Gasteiger partial charge in [0.2, 0.25) is 10.1 Å². The Hall–Kier alpha value is -2.59. The van der Waals surface area contributed by atoms with Crippen LogP contribution in [0.5, 0.6) is 0 Å². The Morgan fingerprint density at radius 2 is 2.08 bits per heavy atom. The molecular weight excluding hydrogens is 346 g/mol. The van der Waals surface area contributed by atoms with Crippen LogP contribution in [0.2, 0.25) is 0 Å². The zero-order chi connectivity index (χ0) is 16.5. The molecule has 1 aromatic carbocycles. The van der Waals surface area contributed by atoms with Gasteiger partial charge < -0.3 is 0 Å². The molecule has 24 heavy (non-hydrogen) atoms. The summed E-state index contributed by atoms with van der Waals surface area (Å²) in [5, 5.41) is 17.6. The molecule has 3 heterocycles. The van der Waals surface area contributed by atoms with Gasteiger partial charge in [-0.05, 0) is 29.5 Å². The standard InChI is InChI=1S/C14H11N7OS2/c1-9-7-12(22)21-13(15-9)24-11(17-21)8-23-14-16-18-19-20(14)10-5-3-2-4-6-10/h2-7H,8H2,1H3. The molecule has 0 N–H and O–H groups in total. The number of nitrogens with zero attached hydrogens (tertiary/aromatic N) is 7. The minimum Gasteiger partial charge on any atom is -0.267 e. The van der Waals surface area contributed by atoms with Gasteiger partial charge in [-0.15, -0.1) is 5.10 Å². The third-order valence-corrected chi connectivity index (χ3v) is 5.20. The third kappa shape index (κ3) is 2.81. The van der Waals surface area contributed by atoms with E-state index in [4.69, 9.17) is 0 Å². The molecule has 10 heteroatoms. The van der Waals surface area contributed by atoms with Crippen molar-refractivity contribution < 1.29 is 0 Å². The van der Waals surface area contributed by atoms with E-state index in [9.17, 15) is 4.79 Å². The number of thioether (sulfide) groups is 1. The van der Waals surface area contributed by atoms with Crippen LogP contribution < -0.4 is 5.56 Å². The molecule has 120 valence electrons. The van der Waals surface area contributed by atoms with Crippen molar-refractivity contribution >= 4 is 28.1 Å². The minimum atomic E-state index is -0.167. The summed E-state index contributed by atoms with van der Waals surface area (Å²) in [5.74, 6) is 0.555. The fourth-order valence-corrected chi connectivity index (χ4v) is 3.97. The molecule has 0 bridgehead atoms. The second kappa shape index (κ2) is 6.13. The number of benzene rings is 1. The first-order valence-electron chi connectivity index (χ1n) is 7.04. The van der Waals surface area contributed by atoms with Gasteiger partial charge in [-0.3, -0.25) is 4.79 Å². The maximum atomic E-state index is 11.9. The fraction of sp³-hybridized carbons (Fsp3) is 0.143. The number of rotatable bonds is 4. The maximum absolute atomic E-state index is 11.9. The molecule has 0 saturated carbocycles. The van der Waals surface area contributed by atoms with E-state index in [0.717, 1.165) is 10.7 Å². The summed E-state index contributed by atoms with van der Waals surface area (Å²) in [6.07, 6.45) is 0. The molecule has 3 aromatic heterocycles. The molecule has 0 aliphatic heterocycles. The first kappa shape index (κ1) is 15.0. The zero-order valence-electron chi connectivity index (χ0n) is 12.5. The monoisotopic (exact) mass is 357 g/mol. The number of hydrogen-bond donors (Lipinski definition) is 0. The van der Waals surface area contributed by atoms with Crippen molar-refractivity contribution in [3.05, 3.63) is 57.5 Å². The molecule has 0 spiro atoms. The lowest BCUT2D eigenvalue weighted by atomic mass is 10.3. The van der Waals surface area contributed by atoms with Crippen LogP contribution in [-0.2, 0) is 5.75 Å². The average molecular weight is 357 g/mol. The lowest BCUT2D eigenvalue weighted by molar-refractivity contribution is 0.756. The number of hydrogen-bond acceptors (Lipinski definition) is 8. The van der Waals surface area contributed by atoms with E-state index < -0.39 is 0 Å². The number of aromatic nitrogens is 7. The Kier molecular flexibility index (Phi) is 3.82. The highest BCUT2D eigenvalue weighted by Crippen LogP contribution is 2.24. The van der Waals surface area contributed by atoms with E-state index in [1.807, 2.05) is 30.3 Å². The summed E-state index contributed by atoms with van der Waals surface area (Å²) in [5.41, 5.74) is 1.41. The van der Waals surface area contributed by atoms with Crippen molar-refractivity contribution in [2.45, 2.75) is 17.8 Å². The average Bonchev–Trinajstić information content (AvgIpc) is 3.20. The number of para-hydroxylation sites is 1. The summed E-state index contributed by atoms with van der Waals surface area (Å²) in [6, 6.07) is 11.1. The lowest BCUT2D eigenvalue weighted by Gasteiger charge is -2.02. The Morgan fingerprint density at radius 3 is 2.92 bits per heavy atom. The molecule has 0 saturated heterocycles. The van der Waals surface area contributed by atoms with Crippen molar-refractivity contribution in [2.24, 2.45) is 0 Å². The molecule has 0 atom stereocenters. The van der Waals surface area contributed by atoms with E-state index in [0.29, 0.717) is 21.6 Å². The third-order valence-electron chi connectivity index (χ3n) is 3.18. The van der Waals surface area contributed by atoms with Crippen LogP contribution in [0.3, 0.4) is 0 Å². The number of tetrazole rings is 1. The molecule has 4 aromatic rings. The Morgan fingerprint density at radius 1 is 1.25 bits per heavy atom. The van der Waals surface area contributed by atoms with E-state index in [2.05, 4.69) is 25.6 Å². The minimum absolute atomic E-state index is 0.167. The SMILES string of the molecule is Cc1cc(=O)n2nc(CSc3nnnn3-c3ccccc3)sc2n1. The Labute approximate surface area is 144 Å². The number of aryl methyl sites for hydroxylation is 1. The Bertz CT molecular complexity index is 1050. The van der Waals surface area contributed by atoms with Gasteiger partial charge in [0.1, 0.15) is 5.01 Å². The van der Waals surface area contributed by atoms with Gasteiger partial charge in [-0.1, -0.05) is 41.3 Å². The van der Waals surface area contributed by atoms with Gasteiger partial charge in [0.05, 0.1) is 11.4 Å². The van der Waals surface area contributed by atoms with Crippen LogP contribution in [-0.4, -0.2) is 34.8 Å².